The maximum Gasteiger partial charge on any atom is 0.171 e. The molecule has 0 atom stereocenters. The van der Waals surface area contributed by atoms with Gasteiger partial charge in [0.25, 0.3) is 0 Å². The molecule has 0 aromatic heterocycles. The molecule has 0 aliphatic rings. The van der Waals surface area contributed by atoms with Crippen LogP contribution in [0.3, 0.4) is 0 Å². The Kier molecular flexibility index (Phi) is 3.67. The van der Waals surface area contributed by atoms with Crippen LogP contribution in [0.5, 0.6) is 5.75 Å². The topological polar surface area (TPSA) is 9.23 Å². The summed E-state index contributed by atoms with van der Waals surface area (Å²) in [5.41, 5.74) is 1.17. The lowest BCUT2D eigenvalue weighted by molar-refractivity contribution is 0.553. The predicted molar refractivity (Wildman–Crippen MR) is 69.8 cm³/mol. The van der Waals surface area contributed by atoms with E-state index in [1.807, 2.05) is 60.7 Å². The Morgan fingerprint density at radius 1 is 0.875 bits per heavy atom. The Labute approximate surface area is 101 Å². The van der Waals surface area contributed by atoms with Crippen LogP contribution in [0.1, 0.15) is 5.56 Å². The highest BCUT2D eigenvalue weighted by Gasteiger charge is 2.01. The molecule has 2 aromatic carbocycles. The summed E-state index contributed by atoms with van der Waals surface area (Å²) in [7, 11) is 0. The lowest BCUT2D eigenvalue weighted by Crippen LogP contribution is -2.08. The second-order valence-corrected chi connectivity index (χ2v) is 3.90. The van der Waals surface area contributed by atoms with Crippen molar-refractivity contribution < 1.29 is 4.74 Å². The minimum Gasteiger partial charge on any atom is -0.450 e. The zero-order valence-electron chi connectivity index (χ0n) is 8.80. The van der Waals surface area contributed by atoms with Crippen molar-refractivity contribution in [2.75, 3.05) is 0 Å². The molecule has 2 rings (SSSR count). The molecule has 0 saturated heterocycles. The van der Waals surface area contributed by atoms with Gasteiger partial charge in [-0.3, -0.25) is 0 Å². The minimum atomic E-state index is 0.595. The molecule has 0 unspecified atom stereocenters. The molecule has 0 radical (unpaired) electrons. The zero-order chi connectivity index (χ0) is 11.2. The van der Waals surface area contributed by atoms with Crippen LogP contribution in [0.15, 0.2) is 60.7 Å². The molecule has 0 aliphatic heterocycles. The number of benzene rings is 2. The highest BCUT2D eigenvalue weighted by molar-refractivity contribution is 7.80. The van der Waals surface area contributed by atoms with Gasteiger partial charge in [-0.15, -0.1) is 0 Å². The lowest BCUT2D eigenvalue weighted by atomic mass is 10.2. The molecular weight excluding hydrogens is 216 g/mol. The quantitative estimate of drug-likeness (QED) is 0.742. The Hall–Kier alpha value is -1.67. The molecule has 0 fully saturated rings. The molecule has 0 aliphatic carbocycles. The van der Waals surface area contributed by atoms with E-state index in [1.165, 1.54) is 5.56 Å². The van der Waals surface area contributed by atoms with Crippen molar-refractivity contribution in [1.82, 2.24) is 0 Å². The molecule has 1 nitrogen and oxygen atoms in total. The van der Waals surface area contributed by atoms with Gasteiger partial charge in [-0.2, -0.15) is 0 Å². The Balaban J connectivity index is 1.95. The van der Waals surface area contributed by atoms with Crippen LogP contribution in [0.25, 0.3) is 0 Å². The van der Waals surface area contributed by atoms with Gasteiger partial charge in [-0.05, 0) is 29.9 Å². The Morgan fingerprint density at radius 3 is 2.06 bits per heavy atom. The van der Waals surface area contributed by atoms with Crippen molar-refractivity contribution in [3.05, 3.63) is 66.2 Å². The van der Waals surface area contributed by atoms with Gasteiger partial charge in [0.05, 0.1) is 0 Å². The van der Waals surface area contributed by atoms with Gasteiger partial charge in [0.2, 0.25) is 0 Å². The maximum atomic E-state index is 5.55. The number of hydrogen-bond acceptors (Lipinski definition) is 2. The second-order valence-electron chi connectivity index (χ2n) is 3.45. The van der Waals surface area contributed by atoms with Crippen molar-refractivity contribution in [2.24, 2.45) is 0 Å². The van der Waals surface area contributed by atoms with Crippen LogP contribution in [0, 0.1) is 0 Å². The van der Waals surface area contributed by atoms with E-state index in [4.69, 9.17) is 17.0 Å². The molecule has 2 heteroatoms. The summed E-state index contributed by atoms with van der Waals surface area (Å²) in [6, 6.07) is 19.7. The lowest BCUT2D eigenvalue weighted by Gasteiger charge is -2.06. The summed E-state index contributed by atoms with van der Waals surface area (Å²) in [5, 5.41) is 0.595. The summed E-state index contributed by atoms with van der Waals surface area (Å²) in [5.74, 6) is 0.795. The number of thiocarbonyl (C=S) groups is 1. The molecule has 0 saturated carbocycles. The molecule has 0 bridgehead atoms. The van der Waals surface area contributed by atoms with E-state index in [0.717, 1.165) is 5.75 Å². The Bertz CT molecular complexity index is 407. The van der Waals surface area contributed by atoms with Gasteiger partial charge >= 0.3 is 0 Å². The zero-order valence-corrected chi connectivity index (χ0v) is 9.61. The molecule has 0 heterocycles. The fourth-order valence-corrected chi connectivity index (χ4v) is 1.68. The average molecular weight is 228 g/mol. The molecule has 16 heavy (non-hydrogen) atoms. The minimum absolute atomic E-state index is 0.595. The van der Waals surface area contributed by atoms with Crippen molar-refractivity contribution >= 4 is 17.3 Å². The first-order chi connectivity index (χ1) is 7.84. The molecule has 2 aromatic rings. The average Bonchev–Trinajstić information content (AvgIpc) is 2.31. The monoisotopic (exact) mass is 228 g/mol. The van der Waals surface area contributed by atoms with Crippen molar-refractivity contribution in [2.45, 2.75) is 6.42 Å². The van der Waals surface area contributed by atoms with E-state index in [0.29, 0.717) is 11.5 Å². The van der Waals surface area contributed by atoms with Crippen molar-refractivity contribution in [3.63, 3.8) is 0 Å². The molecule has 80 valence electrons. The second kappa shape index (κ2) is 5.42. The van der Waals surface area contributed by atoms with Gasteiger partial charge in [0, 0.05) is 6.42 Å². The Morgan fingerprint density at radius 2 is 1.44 bits per heavy atom. The third-order valence-corrected chi connectivity index (χ3v) is 2.39. The predicted octanol–water partition coefficient (Wildman–Crippen LogP) is 3.64. The normalized spacial score (nSPS) is 9.75. The third-order valence-electron chi connectivity index (χ3n) is 2.17. The summed E-state index contributed by atoms with van der Waals surface area (Å²) < 4.78 is 5.55. The fourth-order valence-electron chi connectivity index (χ4n) is 1.42. The summed E-state index contributed by atoms with van der Waals surface area (Å²) in [4.78, 5) is 0. The SMILES string of the molecule is S=C(Cc1ccccc1)Oc1ccccc1. The van der Waals surface area contributed by atoms with E-state index >= 15 is 0 Å². The van der Waals surface area contributed by atoms with E-state index in [1.54, 1.807) is 0 Å². The first-order valence-corrected chi connectivity index (χ1v) is 5.55. The fraction of sp³-hybridized carbons (Fsp3) is 0.0714. The summed E-state index contributed by atoms with van der Waals surface area (Å²) in [6.45, 7) is 0. The number of hydrogen-bond donors (Lipinski definition) is 0. The van der Waals surface area contributed by atoms with Crippen LogP contribution in [-0.4, -0.2) is 5.05 Å². The number of ether oxygens (including phenoxy) is 1. The van der Waals surface area contributed by atoms with Crippen LogP contribution < -0.4 is 4.74 Å². The molecular formula is C14H12OS. The van der Waals surface area contributed by atoms with Gasteiger partial charge < -0.3 is 4.74 Å². The van der Waals surface area contributed by atoms with Gasteiger partial charge in [0.15, 0.2) is 5.05 Å². The number of rotatable bonds is 3. The maximum absolute atomic E-state index is 5.55. The van der Waals surface area contributed by atoms with Crippen LogP contribution >= 0.6 is 12.2 Å². The smallest absolute Gasteiger partial charge is 0.171 e. The molecule has 0 N–H and O–H groups in total. The van der Waals surface area contributed by atoms with Crippen LogP contribution in [0.4, 0.5) is 0 Å². The summed E-state index contributed by atoms with van der Waals surface area (Å²) >= 11 is 5.20. The van der Waals surface area contributed by atoms with Crippen molar-refractivity contribution in [1.29, 1.82) is 0 Å². The van der Waals surface area contributed by atoms with Gasteiger partial charge in [-0.1, -0.05) is 48.5 Å². The van der Waals surface area contributed by atoms with E-state index in [2.05, 4.69) is 0 Å². The largest absolute Gasteiger partial charge is 0.450 e. The van der Waals surface area contributed by atoms with Gasteiger partial charge in [0.1, 0.15) is 5.75 Å². The van der Waals surface area contributed by atoms with Gasteiger partial charge in [-0.25, -0.2) is 0 Å². The summed E-state index contributed by atoms with van der Waals surface area (Å²) in [6.07, 6.45) is 0.672. The first kappa shape index (κ1) is 10.8. The molecule has 0 spiro atoms. The number of para-hydroxylation sites is 1. The highest BCUT2D eigenvalue weighted by Crippen LogP contribution is 2.11. The molecule has 0 amide bonds. The van der Waals surface area contributed by atoms with Crippen LogP contribution in [-0.2, 0) is 6.42 Å². The van der Waals surface area contributed by atoms with E-state index in [9.17, 15) is 0 Å². The van der Waals surface area contributed by atoms with E-state index < -0.39 is 0 Å². The van der Waals surface area contributed by atoms with Crippen molar-refractivity contribution in [3.8, 4) is 5.75 Å². The standard InChI is InChI=1S/C14H12OS/c16-14(11-12-7-3-1-4-8-12)15-13-9-5-2-6-10-13/h1-10H,11H2. The highest BCUT2D eigenvalue weighted by atomic mass is 32.1. The third kappa shape index (κ3) is 3.17. The first-order valence-electron chi connectivity index (χ1n) is 5.14. The van der Waals surface area contributed by atoms with Crippen LogP contribution in [0.2, 0.25) is 0 Å². The van der Waals surface area contributed by atoms with E-state index in [-0.39, 0.29) is 0 Å².